The monoisotopic (exact) mass is 423 g/mol. The van der Waals surface area contributed by atoms with E-state index in [9.17, 15) is 4.79 Å². The van der Waals surface area contributed by atoms with Crippen LogP contribution in [0.1, 0.15) is 12.5 Å². The topological polar surface area (TPSA) is 62.7 Å². The van der Waals surface area contributed by atoms with Gasteiger partial charge in [0.15, 0.2) is 0 Å². The number of carbonyl (C=O) groups excluding carboxylic acids is 1. The van der Waals surface area contributed by atoms with Gasteiger partial charge in [-0.15, -0.1) is 0 Å². The molecule has 0 radical (unpaired) electrons. The van der Waals surface area contributed by atoms with E-state index in [0.29, 0.717) is 6.61 Å². The fourth-order valence-electron chi connectivity index (χ4n) is 1.82. The van der Waals surface area contributed by atoms with E-state index >= 15 is 0 Å². The molecule has 0 aromatic heterocycles. The van der Waals surface area contributed by atoms with Gasteiger partial charge >= 0.3 is 0 Å². The molecule has 0 aliphatic rings. The first-order chi connectivity index (χ1) is 11.2. The van der Waals surface area contributed by atoms with Gasteiger partial charge < -0.3 is 10.1 Å². The Kier molecular flexibility index (Phi) is 6.86. The summed E-state index contributed by atoms with van der Waals surface area (Å²) in [7, 11) is 0. The lowest BCUT2D eigenvalue weighted by Crippen LogP contribution is -2.25. The Balaban J connectivity index is 1.79. The van der Waals surface area contributed by atoms with Crippen LogP contribution in [0.25, 0.3) is 0 Å². The molecule has 0 heterocycles. The van der Waals surface area contributed by atoms with Crippen molar-refractivity contribution in [2.45, 2.75) is 6.92 Å². The average Bonchev–Trinajstić information content (AvgIpc) is 2.55. The van der Waals surface area contributed by atoms with Gasteiger partial charge in [0.25, 0.3) is 5.91 Å². The Morgan fingerprint density at radius 1 is 1.26 bits per heavy atom. The number of benzene rings is 2. The van der Waals surface area contributed by atoms with E-state index in [1.165, 1.54) is 0 Å². The van der Waals surface area contributed by atoms with Crippen LogP contribution in [0.15, 0.2) is 53.6 Å². The Morgan fingerprint density at radius 3 is 2.78 bits per heavy atom. The number of hydrogen-bond donors (Lipinski definition) is 2. The summed E-state index contributed by atoms with van der Waals surface area (Å²) in [5, 5.41) is 6.98. The molecule has 0 spiro atoms. The minimum atomic E-state index is -0.208. The fourth-order valence-corrected chi connectivity index (χ4v) is 2.18. The second-order valence-corrected chi connectivity index (χ2v) is 5.90. The van der Waals surface area contributed by atoms with Crippen molar-refractivity contribution in [1.82, 2.24) is 5.43 Å². The molecule has 0 saturated carbocycles. The van der Waals surface area contributed by atoms with E-state index in [-0.39, 0.29) is 12.5 Å². The second-order valence-electron chi connectivity index (χ2n) is 4.66. The number of nitrogens with one attached hydrogen (secondary N) is 2. The zero-order chi connectivity index (χ0) is 16.5. The molecular formula is C17H18IN3O2. The van der Waals surface area contributed by atoms with Gasteiger partial charge in [0.1, 0.15) is 5.75 Å². The van der Waals surface area contributed by atoms with Crippen molar-refractivity contribution in [1.29, 1.82) is 0 Å². The Hall–Kier alpha value is -2.09. The van der Waals surface area contributed by atoms with Crippen LogP contribution < -0.4 is 15.5 Å². The second kappa shape index (κ2) is 9.14. The molecule has 2 aromatic carbocycles. The summed E-state index contributed by atoms with van der Waals surface area (Å²) in [6, 6.07) is 15.3. The van der Waals surface area contributed by atoms with Crippen LogP contribution in [0.2, 0.25) is 0 Å². The highest BCUT2D eigenvalue weighted by Crippen LogP contribution is 2.12. The molecule has 0 fully saturated rings. The maximum absolute atomic E-state index is 11.7. The van der Waals surface area contributed by atoms with Crippen LogP contribution in [0.5, 0.6) is 5.75 Å². The van der Waals surface area contributed by atoms with Crippen LogP contribution in [0.4, 0.5) is 5.69 Å². The van der Waals surface area contributed by atoms with Crippen molar-refractivity contribution in [3.05, 3.63) is 57.7 Å². The summed E-state index contributed by atoms with van der Waals surface area (Å²) >= 11 is 2.23. The highest BCUT2D eigenvalue weighted by Gasteiger charge is 1.99. The summed E-state index contributed by atoms with van der Waals surface area (Å²) in [6.07, 6.45) is 1.59. The molecule has 1 amide bonds. The molecule has 5 nitrogen and oxygen atoms in total. The van der Waals surface area contributed by atoms with Gasteiger partial charge in [-0.25, -0.2) is 5.43 Å². The normalized spacial score (nSPS) is 10.5. The molecule has 0 unspecified atom stereocenters. The first-order valence-corrected chi connectivity index (χ1v) is 8.29. The van der Waals surface area contributed by atoms with Crippen molar-refractivity contribution >= 4 is 40.4 Å². The molecule has 120 valence electrons. The number of hydrogen-bond acceptors (Lipinski definition) is 4. The van der Waals surface area contributed by atoms with Crippen molar-refractivity contribution in [2.75, 3.05) is 18.5 Å². The number of carbonyl (C=O) groups is 1. The number of halogens is 1. The van der Waals surface area contributed by atoms with E-state index < -0.39 is 0 Å². The van der Waals surface area contributed by atoms with E-state index in [4.69, 9.17) is 4.74 Å². The standard InChI is InChI=1S/C17H18IN3O2/c1-2-23-16-5-3-4-13(10-16)11-20-21-17(22)12-19-15-8-6-14(18)7-9-15/h3-11,19H,2,12H2,1H3,(H,21,22)/b20-11-. The first-order valence-electron chi connectivity index (χ1n) is 7.21. The number of rotatable bonds is 7. The van der Waals surface area contributed by atoms with Gasteiger partial charge in [-0.2, -0.15) is 5.10 Å². The molecule has 23 heavy (non-hydrogen) atoms. The Morgan fingerprint density at radius 2 is 2.04 bits per heavy atom. The zero-order valence-electron chi connectivity index (χ0n) is 12.8. The van der Waals surface area contributed by atoms with Crippen LogP contribution in [0, 0.1) is 3.57 Å². The van der Waals surface area contributed by atoms with Gasteiger partial charge in [-0.3, -0.25) is 4.79 Å². The summed E-state index contributed by atoms with van der Waals surface area (Å²) in [4.78, 5) is 11.7. The molecule has 2 aromatic rings. The van der Waals surface area contributed by atoms with Crippen molar-refractivity contribution < 1.29 is 9.53 Å². The van der Waals surface area contributed by atoms with Gasteiger partial charge in [-0.05, 0) is 71.5 Å². The summed E-state index contributed by atoms with van der Waals surface area (Å²) in [5.41, 5.74) is 4.25. The van der Waals surface area contributed by atoms with Gasteiger partial charge in [0, 0.05) is 9.26 Å². The fraction of sp³-hybridized carbons (Fsp3) is 0.176. The van der Waals surface area contributed by atoms with Crippen LogP contribution in [-0.4, -0.2) is 25.3 Å². The SMILES string of the molecule is CCOc1cccc(/C=N\NC(=O)CNc2ccc(I)cc2)c1. The molecule has 0 saturated heterocycles. The highest BCUT2D eigenvalue weighted by atomic mass is 127. The van der Waals surface area contributed by atoms with Crippen molar-refractivity contribution in [3.8, 4) is 5.75 Å². The quantitative estimate of drug-likeness (QED) is 0.409. The average molecular weight is 423 g/mol. The van der Waals surface area contributed by atoms with E-state index in [1.54, 1.807) is 6.21 Å². The van der Waals surface area contributed by atoms with Gasteiger partial charge in [-0.1, -0.05) is 12.1 Å². The smallest absolute Gasteiger partial charge is 0.259 e. The molecule has 0 atom stereocenters. The zero-order valence-corrected chi connectivity index (χ0v) is 14.9. The predicted molar refractivity (Wildman–Crippen MR) is 101 cm³/mol. The largest absolute Gasteiger partial charge is 0.494 e. The van der Waals surface area contributed by atoms with E-state index in [0.717, 1.165) is 20.6 Å². The predicted octanol–water partition coefficient (Wildman–Crippen LogP) is 3.25. The number of nitrogens with zero attached hydrogens (tertiary/aromatic N) is 1. The maximum atomic E-state index is 11.7. The molecular weight excluding hydrogens is 405 g/mol. The van der Waals surface area contributed by atoms with Crippen molar-refractivity contribution in [3.63, 3.8) is 0 Å². The third kappa shape index (κ3) is 6.27. The lowest BCUT2D eigenvalue weighted by molar-refractivity contribution is -0.119. The number of amides is 1. The molecule has 0 bridgehead atoms. The first kappa shape index (κ1) is 17.3. The number of anilines is 1. The van der Waals surface area contributed by atoms with E-state index in [1.807, 2.05) is 55.5 Å². The Bertz CT molecular complexity index is 672. The minimum Gasteiger partial charge on any atom is -0.494 e. The van der Waals surface area contributed by atoms with Crippen molar-refractivity contribution in [2.24, 2.45) is 5.10 Å². The summed E-state index contributed by atoms with van der Waals surface area (Å²) in [5.74, 6) is 0.573. The summed E-state index contributed by atoms with van der Waals surface area (Å²) in [6.45, 7) is 2.71. The lowest BCUT2D eigenvalue weighted by atomic mass is 10.2. The number of hydrazone groups is 1. The number of ether oxygens (including phenoxy) is 1. The van der Waals surface area contributed by atoms with Gasteiger partial charge in [0.05, 0.1) is 19.4 Å². The Labute approximate surface area is 149 Å². The molecule has 6 heteroatoms. The van der Waals surface area contributed by atoms with E-state index in [2.05, 4.69) is 38.4 Å². The highest BCUT2D eigenvalue weighted by molar-refractivity contribution is 14.1. The molecule has 2 rings (SSSR count). The van der Waals surface area contributed by atoms with Crippen LogP contribution in [0.3, 0.4) is 0 Å². The lowest BCUT2D eigenvalue weighted by Gasteiger charge is -2.05. The summed E-state index contributed by atoms with van der Waals surface area (Å²) < 4.78 is 6.56. The van der Waals surface area contributed by atoms with Crippen LogP contribution in [-0.2, 0) is 4.79 Å². The third-order valence-electron chi connectivity index (χ3n) is 2.87. The molecule has 0 aliphatic carbocycles. The van der Waals surface area contributed by atoms with Crippen LogP contribution >= 0.6 is 22.6 Å². The minimum absolute atomic E-state index is 0.164. The maximum Gasteiger partial charge on any atom is 0.259 e. The third-order valence-corrected chi connectivity index (χ3v) is 3.59. The van der Waals surface area contributed by atoms with Gasteiger partial charge in [0.2, 0.25) is 0 Å². The molecule has 2 N–H and O–H groups in total. The molecule has 0 aliphatic heterocycles.